The summed E-state index contributed by atoms with van der Waals surface area (Å²) in [5.74, 6) is -0.265. The number of nitrogens with zero attached hydrogens (tertiary/aromatic N) is 1. The van der Waals surface area contributed by atoms with Crippen LogP contribution in [0.15, 0.2) is 59.1 Å². The van der Waals surface area contributed by atoms with Gasteiger partial charge in [-0.3, -0.25) is 9.59 Å². The molecule has 0 radical (unpaired) electrons. The van der Waals surface area contributed by atoms with Crippen LogP contribution in [0.1, 0.15) is 58.3 Å². The molecule has 0 aliphatic heterocycles. The van der Waals surface area contributed by atoms with Crippen LogP contribution in [0.3, 0.4) is 0 Å². The van der Waals surface area contributed by atoms with Crippen LogP contribution in [0.5, 0.6) is 0 Å². The highest BCUT2D eigenvalue weighted by Gasteiger charge is 2.33. The van der Waals surface area contributed by atoms with E-state index in [4.69, 9.17) is 10.7 Å². The standard InChI is InChI=1S/C29H28BrN3O2S/c1-29(2,3)17-9-11-19-24(13-17)36-28(25(19)26(31)34)33-27(35)21-15-23(16-7-5-4-6-8-16)32-22-12-10-18(30)14-20(21)22/h4-8,10,12,14-15,17H,9,11,13H2,1-3H3,(H2,31,34)(H,33,35)/t17-/m0/s1. The Hall–Kier alpha value is -3.03. The van der Waals surface area contributed by atoms with Crippen LogP contribution in [0.2, 0.25) is 0 Å². The molecule has 0 fully saturated rings. The second kappa shape index (κ2) is 9.45. The first-order valence-corrected chi connectivity index (χ1v) is 13.6. The molecule has 2 aromatic carbocycles. The summed E-state index contributed by atoms with van der Waals surface area (Å²) in [7, 11) is 0. The Labute approximate surface area is 223 Å². The number of hydrogen-bond acceptors (Lipinski definition) is 4. The zero-order chi connectivity index (χ0) is 25.6. The average molecular weight is 563 g/mol. The minimum atomic E-state index is -0.496. The number of nitrogens with two attached hydrogens (primary N) is 1. The summed E-state index contributed by atoms with van der Waals surface area (Å²) in [6, 6.07) is 17.3. The Morgan fingerprint density at radius 3 is 2.56 bits per heavy atom. The largest absolute Gasteiger partial charge is 0.365 e. The van der Waals surface area contributed by atoms with Crippen molar-refractivity contribution in [3.63, 3.8) is 0 Å². The molecule has 7 heteroatoms. The van der Waals surface area contributed by atoms with E-state index in [-0.39, 0.29) is 11.3 Å². The lowest BCUT2D eigenvalue weighted by atomic mass is 9.72. The fourth-order valence-corrected chi connectivity index (χ4v) is 6.68. The zero-order valence-corrected chi connectivity index (χ0v) is 22.9. The average Bonchev–Trinajstić information content (AvgIpc) is 3.20. The second-order valence-corrected chi connectivity index (χ2v) is 12.4. The maximum absolute atomic E-state index is 13.7. The van der Waals surface area contributed by atoms with Crippen molar-refractivity contribution in [3.05, 3.63) is 80.6 Å². The predicted molar refractivity (Wildman–Crippen MR) is 151 cm³/mol. The maximum atomic E-state index is 13.7. The number of aromatic nitrogens is 1. The van der Waals surface area contributed by atoms with Crippen molar-refractivity contribution in [1.82, 2.24) is 4.98 Å². The smallest absolute Gasteiger partial charge is 0.257 e. The van der Waals surface area contributed by atoms with Gasteiger partial charge in [0.05, 0.1) is 22.3 Å². The molecule has 0 bridgehead atoms. The molecule has 0 spiro atoms. The molecular weight excluding hydrogens is 534 g/mol. The normalized spacial score (nSPS) is 15.5. The van der Waals surface area contributed by atoms with Crippen molar-refractivity contribution in [2.24, 2.45) is 17.1 Å². The van der Waals surface area contributed by atoms with E-state index in [1.54, 1.807) is 0 Å². The Bertz CT molecular complexity index is 1490. The molecule has 0 saturated carbocycles. The van der Waals surface area contributed by atoms with E-state index < -0.39 is 5.91 Å². The Kier molecular flexibility index (Phi) is 6.47. The molecular formula is C29H28BrN3O2S. The fraction of sp³-hybridized carbons (Fsp3) is 0.276. The van der Waals surface area contributed by atoms with Gasteiger partial charge in [-0.05, 0) is 60.4 Å². The summed E-state index contributed by atoms with van der Waals surface area (Å²) < 4.78 is 0.857. The summed E-state index contributed by atoms with van der Waals surface area (Å²) in [5, 5.41) is 4.31. The molecule has 184 valence electrons. The van der Waals surface area contributed by atoms with Crippen LogP contribution in [-0.4, -0.2) is 16.8 Å². The molecule has 1 atom stereocenters. The molecule has 1 aliphatic carbocycles. The number of primary amides is 1. The van der Waals surface area contributed by atoms with Crippen LogP contribution in [-0.2, 0) is 12.8 Å². The van der Waals surface area contributed by atoms with E-state index in [0.29, 0.717) is 27.7 Å². The number of nitrogens with one attached hydrogen (secondary N) is 1. The van der Waals surface area contributed by atoms with Crippen molar-refractivity contribution in [1.29, 1.82) is 0 Å². The van der Waals surface area contributed by atoms with Crippen molar-refractivity contribution < 1.29 is 9.59 Å². The molecule has 4 aromatic rings. The fourth-order valence-electron chi connectivity index (χ4n) is 4.99. The molecule has 2 aromatic heterocycles. The van der Waals surface area contributed by atoms with Crippen molar-refractivity contribution in [2.45, 2.75) is 40.0 Å². The van der Waals surface area contributed by atoms with Gasteiger partial charge in [0.2, 0.25) is 0 Å². The number of halogens is 1. The van der Waals surface area contributed by atoms with E-state index >= 15 is 0 Å². The highest BCUT2D eigenvalue weighted by atomic mass is 79.9. The number of anilines is 1. The summed E-state index contributed by atoms with van der Waals surface area (Å²) in [6.45, 7) is 6.76. The Balaban J connectivity index is 1.57. The highest BCUT2D eigenvalue weighted by molar-refractivity contribution is 9.10. The molecule has 0 saturated heterocycles. The van der Waals surface area contributed by atoms with E-state index in [9.17, 15) is 9.59 Å². The number of carbonyl (C=O) groups excluding carboxylic acids is 2. The number of fused-ring (bicyclic) bond motifs is 2. The third-order valence-electron chi connectivity index (χ3n) is 7.05. The number of amides is 2. The molecule has 5 rings (SSSR count). The van der Waals surface area contributed by atoms with Gasteiger partial charge < -0.3 is 11.1 Å². The highest BCUT2D eigenvalue weighted by Crippen LogP contribution is 2.44. The minimum Gasteiger partial charge on any atom is -0.365 e. The van der Waals surface area contributed by atoms with Gasteiger partial charge in [0.1, 0.15) is 5.00 Å². The lowest BCUT2D eigenvalue weighted by molar-refractivity contribution is 0.1000. The number of pyridine rings is 1. The van der Waals surface area contributed by atoms with Crippen LogP contribution in [0.4, 0.5) is 5.00 Å². The maximum Gasteiger partial charge on any atom is 0.257 e. The number of benzene rings is 2. The molecule has 1 aliphatic rings. The topological polar surface area (TPSA) is 85.1 Å². The summed E-state index contributed by atoms with van der Waals surface area (Å²) in [6.07, 6.45) is 2.69. The van der Waals surface area contributed by atoms with Crippen LogP contribution in [0.25, 0.3) is 22.2 Å². The van der Waals surface area contributed by atoms with Crippen LogP contribution < -0.4 is 11.1 Å². The summed E-state index contributed by atoms with van der Waals surface area (Å²) in [5.41, 5.74) is 10.3. The molecule has 3 N–H and O–H groups in total. The molecule has 2 amide bonds. The van der Waals surface area contributed by atoms with Gasteiger partial charge in [-0.25, -0.2) is 4.98 Å². The number of thiophene rings is 1. The van der Waals surface area contributed by atoms with Crippen LogP contribution in [0, 0.1) is 11.3 Å². The van der Waals surface area contributed by atoms with Gasteiger partial charge in [-0.1, -0.05) is 67.0 Å². The molecule has 2 heterocycles. The molecule has 36 heavy (non-hydrogen) atoms. The van der Waals surface area contributed by atoms with E-state index in [1.165, 1.54) is 11.3 Å². The van der Waals surface area contributed by atoms with Gasteiger partial charge in [-0.15, -0.1) is 11.3 Å². The zero-order valence-electron chi connectivity index (χ0n) is 20.5. The number of carbonyl (C=O) groups is 2. The quantitative estimate of drug-likeness (QED) is 0.275. The lowest BCUT2D eigenvalue weighted by Crippen LogP contribution is -2.27. The van der Waals surface area contributed by atoms with E-state index in [1.807, 2.05) is 54.6 Å². The van der Waals surface area contributed by atoms with Gasteiger partial charge in [0.15, 0.2) is 0 Å². The molecule has 0 unspecified atom stereocenters. The lowest BCUT2D eigenvalue weighted by Gasteiger charge is -2.33. The number of rotatable bonds is 4. The summed E-state index contributed by atoms with van der Waals surface area (Å²) >= 11 is 5.00. The molecule has 5 nitrogen and oxygen atoms in total. The van der Waals surface area contributed by atoms with Crippen LogP contribution >= 0.6 is 27.3 Å². The Morgan fingerprint density at radius 2 is 1.86 bits per heavy atom. The van der Waals surface area contributed by atoms with Gasteiger partial charge in [-0.2, -0.15) is 0 Å². The van der Waals surface area contributed by atoms with Gasteiger partial charge >= 0.3 is 0 Å². The predicted octanol–water partition coefficient (Wildman–Crippen LogP) is 7.23. The van der Waals surface area contributed by atoms with Crippen molar-refractivity contribution in [2.75, 3.05) is 5.32 Å². The van der Waals surface area contributed by atoms with Crippen molar-refractivity contribution in [3.8, 4) is 11.3 Å². The van der Waals surface area contributed by atoms with Gasteiger partial charge in [0.25, 0.3) is 11.8 Å². The number of hydrogen-bond donors (Lipinski definition) is 2. The Morgan fingerprint density at radius 1 is 1.11 bits per heavy atom. The van der Waals surface area contributed by atoms with Crippen molar-refractivity contribution >= 4 is 55.0 Å². The third-order valence-corrected chi connectivity index (χ3v) is 8.71. The minimum absolute atomic E-state index is 0.176. The second-order valence-electron chi connectivity index (χ2n) is 10.4. The third kappa shape index (κ3) is 4.70. The van der Waals surface area contributed by atoms with E-state index in [0.717, 1.165) is 50.6 Å². The first-order chi connectivity index (χ1) is 17.1. The monoisotopic (exact) mass is 561 g/mol. The first kappa shape index (κ1) is 24.7. The first-order valence-electron chi connectivity index (χ1n) is 12.0. The SMILES string of the molecule is CC(C)(C)[C@H]1CCc2c(sc(NC(=O)c3cc(-c4ccccc4)nc4ccc(Br)cc34)c2C(N)=O)C1. The summed E-state index contributed by atoms with van der Waals surface area (Å²) in [4.78, 5) is 32.2. The van der Waals surface area contributed by atoms with Gasteiger partial charge in [0, 0.05) is 20.3 Å². The van der Waals surface area contributed by atoms with E-state index in [2.05, 4.69) is 42.0 Å².